The molecule has 0 saturated carbocycles. The molecule has 0 aliphatic rings. The number of imidazole rings is 1. The van der Waals surface area contributed by atoms with E-state index in [-0.39, 0.29) is 55.1 Å². The van der Waals surface area contributed by atoms with E-state index in [1.807, 2.05) is 62.4 Å². The molecule has 1 heterocycles. The molecule has 3 aromatic rings. The van der Waals surface area contributed by atoms with E-state index in [2.05, 4.69) is 20.6 Å². The molecule has 2 atom stereocenters. The number of carbonyl (C=O) groups excluding carboxylic acids is 2. The van der Waals surface area contributed by atoms with Crippen LogP contribution < -0.4 is 16.4 Å². The van der Waals surface area contributed by atoms with E-state index < -0.39 is 6.04 Å². The lowest BCUT2D eigenvalue weighted by molar-refractivity contribution is -0.127. The van der Waals surface area contributed by atoms with Crippen LogP contribution in [0.1, 0.15) is 31.0 Å². The predicted octanol–water partition coefficient (Wildman–Crippen LogP) is 2.71. The quantitative estimate of drug-likeness (QED) is 0.442. The molecule has 0 aliphatic carbocycles. The molecule has 3 rings (SSSR count). The van der Waals surface area contributed by atoms with Crippen molar-refractivity contribution in [1.29, 1.82) is 0 Å². The standard InChI is InChI=1S/C21H25N5O2.2ClH/c1-13(2)19(22)21(28)23-11-18(27)26-20(14-6-4-3-5-7-14)15-8-9-16-17(10-15)25-12-24-16;;/h3-10,12-13,19-20H,11,22H2,1-2H3,(H,23,28)(H,24,25)(H,26,27);2*1H/t19-,20?;;/m0../s1. The molecule has 5 N–H and O–H groups in total. The summed E-state index contributed by atoms with van der Waals surface area (Å²) >= 11 is 0. The first-order valence-corrected chi connectivity index (χ1v) is 9.26. The van der Waals surface area contributed by atoms with Crippen molar-refractivity contribution in [3.63, 3.8) is 0 Å². The molecule has 1 unspecified atom stereocenters. The van der Waals surface area contributed by atoms with Crippen molar-refractivity contribution in [3.05, 3.63) is 66.0 Å². The SMILES string of the molecule is CC(C)[C@H](N)C(=O)NCC(=O)NC(c1ccccc1)c1ccc2nc[nH]c2c1.Cl.Cl. The summed E-state index contributed by atoms with van der Waals surface area (Å²) in [5.74, 6) is -0.621. The normalized spacial score (nSPS) is 12.4. The van der Waals surface area contributed by atoms with E-state index in [9.17, 15) is 9.59 Å². The third kappa shape index (κ3) is 6.19. The minimum absolute atomic E-state index is 0. The maximum atomic E-state index is 12.5. The van der Waals surface area contributed by atoms with Gasteiger partial charge in [0.25, 0.3) is 0 Å². The highest BCUT2D eigenvalue weighted by Gasteiger charge is 2.20. The van der Waals surface area contributed by atoms with Crippen molar-refractivity contribution in [2.24, 2.45) is 11.7 Å². The molecule has 0 aliphatic heterocycles. The summed E-state index contributed by atoms with van der Waals surface area (Å²) in [4.78, 5) is 31.8. The lowest BCUT2D eigenvalue weighted by Crippen LogP contribution is -2.47. The molecule has 0 radical (unpaired) electrons. The van der Waals surface area contributed by atoms with Gasteiger partial charge in [-0.05, 0) is 29.2 Å². The van der Waals surface area contributed by atoms with Gasteiger partial charge in [0.15, 0.2) is 0 Å². The summed E-state index contributed by atoms with van der Waals surface area (Å²) in [6, 6.07) is 14.5. The molecule has 2 amide bonds. The first-order chi connectivity index (χ1) is 13.5. The van der Waals surface area contributed by atoms with Crippen molar-refractivity contribution >= 4 is 47.7 Å². The second-order valence-electron chi connectivity index (χ2n) is 7.08. The fourth-order valence-corrected chi connectivity index (χ4v) is 2.94. The van der Waals surface area contributed by atoms with E-state index in [1.54, 1.807) is 6.33 Å². The van der Waals surface area contributed by atoms with Gasteiger partial charge in [0, 0.05) is 0 Å². The molecular weight excluding hydrogens is 425 g/mol. The summed E-state index contributed by atoms with van der Waals surface area (Å²) in [5.41, 5.74) is 9.43. The van der Waals surface area contributed by atoms with Crippen LogP contribution in [0.25, 0.3) is 11.0 Å². The smallest absolute Gasteiger partial charge is 0.240 e. The van der Waals surface area contributed by atoms with Crippen molar-refractivity contribution < 1.29 is 9.59 Å². The summed E-state index contributed by atoms with van der Waals surface area (Å²) in [6.07, 6.45) is 1.64. The second-order valence-corrected chi connectivity index (χ2v) is 7.08. The number of carbonyl (C=O) groups is 2. The molecule has 0 fully saturated rings. The van der Waals surface area contributed by atoms with E-state index in [4.69, 9.17) is 5.73 Å². The Kier molecular flexibility index (Phi) is 9.78. The maximum absolute atomic E-state index is 12.5. The fourth-order valence-electron chi connectivity index (χ4n) is 2.94. The number of benzene rings is 2. The number of aromatic nitrogens is 2. The topological polar surface area (TPSA) is 113 Å². The average Bonchev–Trinajstić information content (AvgIpc) is 3.18. The van der Waals surface area contributed by atoms with E-state index in [1.165, 1.54) is 0 Å². The van der Waals surface area contributed by atoms with Gasteiger partial charge >= 0.3 is 0 Å². The number of nitrogens with zero attached hydrogens (tertiary/aromatic N) is 1. The van der Waals surface area contributed by atoms with Gasteiger partial charge < -0.3 is 21.4 Å². The van der Waals surface area contributed by atoms with Crippen molar-refractivity contribution in [2.75, 3.05) is 6.54 Å². The largest absolute Gasteiger partial charge is 0.346 e. The van der Waals surface area contributed by atoms with Gasteiger partial charge in [-0.2, -0.15) is 0 Å². The molecular formula is C21H27Cl2N5O2. The van der Waals surface area contributed by atoms with Crippen LogP contribution in [0.4, 0.5) is 0 Å². The van der Waals surface area contributed by atoms with Gasteiger partial charge in [-0.1, -0.05) is 50.2 Å². The molecule has 1 aromatic heterocycles. The zero-order chi connectivity index (χ0) is 20.1. The van der Waals surface area contributed by atoms with Gasteiger partial charge in [-0.25, -0.2) is 4.98 Å². The Hall–Kier alpha value is -2.61. The highest BCUT2D eigenvalue weighted by Crippen LogP contribution is 2.24. The van der Waals surface area contributed by atoms with Crippen LogP contribution in [0, 0.1) is 5.92 Å². The number of hydrogen-bond donors (Lipinski definition) is 4. The van der Waals surface area contributed by atoms with Crippen LogP contribution in [-0.4, -0.2) is 34.4 Å². The number of fused-ring (bicyclic) bond motifs is 1. The molecule has 162 valence electrons. The minimum Gasteiger partial charge on any atom is -0.346 e. The lowest BCUT2D eigenvalue weighted by atomic mass is 9.98. The number of nitrogens with one attached hydrogen (secondary N) is 3. The highest BCUT2D eigenvalue weighted by atomic mass is 35.5. The van der Waals surface area contributed by atoms with E-state index >= 15 is 0 Å². The maximum Gasteiger partial charge on any atom is 0.240 e. The summed E-state index contributed by atoms with van der Waals surface area (Å²) < 4.78 is 0. The number of halogens is 2. The monoisotopic (exact) mass is 451 g/mol. The molecule has 30 heavy (non-hydrogen) atoms. The number of hydrogen-bond acceptors (Lipinski definition) is 4. The molecule has 2 aromatic carbocycles. The average molecular weight is 452 g/mol. The molecule has 0 saturated heterocycles. The Morgan fingerprint density at radius 3 is 2.43 bits per heavy atom. The van der Waals surface area contributed by atoms with E-state index in [0.717, 1.165) is 22.2 Å². The van der Waals surface area contributed by atoms with Crippen molar-refractivity contribution in [1.82, 2.24) is 20.6 Å². The second kappa shape index (κ2) is 11.5. The Bertz CT molecular complexity index is 962. The van der Waals surface area contributed by atoms with Crippen molar-refractivity contribution in [3.8, 4) is 0 Å². The van der Waals surface area contributed by atoms with Crippen LogP contribution in [-0.2, 0) is 9.59 Å². The van der Waals surface area contributed by atoms with Gasteiger partial charge in [-0.15, -0.1) is 24.8 Å². The van der Waals surface area contributed by atoms with Gasteiger partial charge in [0.2, 0.25) is 11.8 Å². The van der Waals surface area contributed by atoms with Crippen LogP contribution >= 0.6 is 24.8 Å². The van der Waals surface area contributed by atoms with Crippen LogP contribution in [0.2, 0.25) is 0 Å². The number of amides is 2. The third-order valence-electron chi connectivity index (χ3n) is 4.66. The van der Waals surface area contributed by atoms with Gasteiger partial charge in [0.1, 0.15) is 0 Å². The van der Waals surface area contributed by atoms with Gasteiger partial charge in [0.05, 0.1) is 36.0 Å². The highest BCUT2D eigenvalue weighted by molar-refractivity contribution is 5.88. The van der Waals surface area contributed by atoms with Crippen LogP contribution in [0.3, 0.4) is 0 Å². The van der Waals surface area contributed by atoms with Crippen molar-refractivity contribution in [2.45, 2.75) is 25.9 Å². The Balaban J connectivity index is 0.00000225. The number of rotatable bonds is 7. The lowest BCUT2D eigenvalue weighted by Gasteiger charge is -2.21. The third-order valence-corrected chi connectivity index (χ3v) is 4.66. The van der Waals surface area contributed by atoms with E-state index in [0.29, 0.717) is 0 Å². The molecule has 0 spiro atoms. The minimum atomic E-state index is -0.638. The Labute approximate surface area is 188 Å². The van der Waals surface area contributed by atoms with Gasteiger partial charge in [-0.3, -0.25) is 9.59 Å². The predicted molar refractivity (Wildman–Crippen MR) is 123 cm³/mol. The Morgan fingerprint density at radius 1 is 1.07 bits per heavy atom. The number of aromatic amines is 1. The first kappa shape index (κ1) is 25.4. The molecule has 7 nitrogen and oxygen atoms in total. The Morgan fingerprint density at radius 2 is 1.77 bits per heavy atom. The molecule has 9 heteroatoms. The number of H-pyrrole nitrogens is 1. The molecule has 0 bridgehead atoms. The fraction of sp³-hybridized carbons (Fsp3) is 0.286. The zero-order valence-corrected chi connectivity index (χ0v) is 18.4. The summed E-state index contributed by atoms with van der Waals surface area (Å²) in [5, 5.41) is 5.61. The van der Waals surface area contributed by atoms with Crippen LogP contribution in [0.5, 0.6) is 0 Å². The zero-order valence-electron chi connectivity index (χ0n) is 16.8. The van der Waals surface area contributed by atoms with Crippen LogP contribution in [0.15, 0.2) is 54.9 Å². The number of nitrogens with two attached hydrogens (primary N) is 1. The summed E-state index contributed by atoms with van der Waals surface area (Å²) in [6.45, 7) is 3.59. The summed E-state index contributed by atoms with van der Waals surface area (Å²) in [7, 11) is 0. The first-order valence-electron chi connectivity index (χ1n) is 9.26.